The summed E-state index contributed by atoms with van der Waals surface area (Å²) in [5.41, 5.74) is 0. The van der Waals surface area contributed by atoms with Crippen LogP contribution in [0.5, 0.6) is 0 Å². The highest BCUT2D eigenvalue weighted by atomic mass is 35.5. The lowest BCUT2D eigenvalue weighted by Gasteiger charge is -2.41. The second-order valence-electron chi connectivity index (χ2n) is 8.25. The van der Waals surface area contributed by atoms with Gasteiger partial charge < -0.3 is 20.2 Å². The van der Waals surface area contributed by atoms with Crippen molar-refractivity contribution in [3.63, 3.8) is 0 Å². The van der Waals surface area contributed by atoms with E-state index in [0.29, 0.717) is 5.92 Å². The maximum atomic E-state index is 12.5. The molecule has 4 aliphatic heterocycles. The zero-order chi connectivity index (χ0) is 19.2. The van der Waals surface area contributed by atoms with Gasteiger partial charge in [0.25, 0.3) is 5.91 Å². The number of thioether (sulfide) groups is 1. The summed E-state index contributed by atoms with van der Waals surface area (Å²) in [6.45, 7) is 7.51. The molecule has 3 atom stereocenters. The number of carboxylic acids is 1. The van der Waals surface area contributed by atoms with Crippen LogP contribution in [-0.4, -0.2) is 87.3 Å². The molecule has 156 valence electrons. The molecule has 2 N–H and O–H groups in total. The summed E-state index contributed by atoms with van der Waals surface area (Å²) in [6.07, 6.45) is 5.04. The molecular formula is C18H28ClN5O3S. The van der Waals surface area contributed by atoms with Crippen LogP contribution >= 0.6 is 24.2 Å². The number of carbonyl (C=O) groups is 2. The molecule has 1 amide bonds. The maximum Gasteiger partial charge on any atom is 0.327 e. The van der Waals surface area contributed by atoms with Gasteiger partial charge in [-0.25, -0.2) is 4.79 Å². The fraction of sp³-hybridized carbons (Fsp3) is 0.778. The summed E-state index contributed by atoms with van der Waals surface area (Å²) in [7, 11) is 0. The van der Waals surface area contributed by atoms with Gasteiger partial charge in [0, 0.05) is 30.8 Å². The van der Waals surface area contributed by atoms with E-state index in [0.717, 1.165) is 51.3 Å². The van der Waals surface area contributed by atoms with E-state index >= 15 is 0 Å². The van der Waals surface area contributed by atoms with Crippen molar-refractivity contribution in [2.45, 2.75) is 55.3 Å². The SMILES string of the molecule is CC1(C)S[C@@H]2[C@H](N=CN3CCC(CC4=NCCN4)CC3)C(=O)N2[C@H]1C(=O)O.Cl. The minimum absolute atomic E-state index is 0. The van der Waals surface area contributed by atoms with Gasteiger partial charge in [-0.05, 0) is 32.6 Å². The van der Waals surface area contributed by atoms with Crippen LogP contribution in [0.1, 0.15) is 33.1 Å². The average Bonchev–Trinajstić information content (AvgIpc) is 3.20. The number of likely N-dealkylation sites (tertiary alicyclic amines) is 1. The van der Waals surface area contributed by atoms with Crippen LogP contribution in [0.15, 0.2) is 9.98 Å². The normalized spacial score (nSPS) is 31.9. The Labute approximate surface area is 175 Å². The van der Waals surface area contributed by atoms with Gasteiger partial charge >= 0.3 is 5.97 Å². The van der Waals surface area contributed by atoms with Crippen LogP contribution < -0.4 is 5.32 Å². The largest absolute Gasteiger partial charge is 0.480 e. The minimum Gasteiger partial charge on any atom is -0.480 e. The number of amides is 1. The Hall–Kier alpha value is -1.48. The van der Waals surface area contributed by atoms with E-state index < -0.39 is 22.8 Å². The van der Waals surface area contributed by atoms with Crippen LogP contribution in [0.3, 0.4) is 0 Å². The van der Waals surface area contributed by atoms with Crippen LogP contribution in [0.25, 0.3) is 0 Å². The second-order valence-corrected chi connectivity index (χ2v) is 10.0. The number of aliphatic imine (C=N–C) groups is 2. The lowest BCUT2D eigenvalue weighted by Crippen LogP contribution is -2.65. The van der Waals surface area contributed by atoms with Crippen molar-refractivity contribution < 1.29 is 14.7 Å². The van der Waals surface area contributed by atoms with E-state index in [1.807, 2.05) is 20.2 Å². The summed E-state index contributed by atoms with van der Waals surface area (Å²) in [5, 5.41) is 12.6. The third-order valence-electron chi connectivity index (χ3n) is 5.91. The Bertz CT molecular complexity index is 693. The maximum absolute atomic E-state index is 12.5. The first-order chi connectivity index (χ1) is 12.9. The lowest BCUT2D eigenvalue weighted by atomic mass is 9.93. The molecule has 0 unspecified atom stereocenters. The molecule has 0 aromatic heterocycles. The smallest absolute Gasteiger partial charge is 0.327 e. The first kappa shape index (κ1) is 21.2. The van der Waals surface area contributed by atoms with Gasteiger partial charge in [0.1, 0.15) is 11.4 Å². The van der Waals surface area contributed by atoms with Gasteiger partial charge in [-0.3, -0.25) is 14.8 Å². The molecule has 4 aliphatic rings. The number of rotatable bonds is 5. The molecule has 3 saturated heterocycles. The van der Waals surface area contributed by atoms with Crippen LogP contribution in [0.4, 0.5) is 0 Å². The number of piperidine rings is 1. The number of halogens is 1. The number of nitrogens with zero attached hydrogens (tertiary/aromatic N) is 4. The number of β-lactam (4-membered cyclic amide) rings is 1. The van der Waals surface area contributed by atoms with Crippen molar-refractivity contribution in [1.82, 2.24) is 15.1 Å². The predicted octanol–water partition coefficient (Wildman–Crippen LogP) is 1.06. The Morgan fingerprint density at radius 3 is 2.75 bits per heavy atom. The first-order valence-electron chi connectivity index (χ1n) is 9.64. The second kappa shape index (κ2) is 8.10. The molecule has 0 aromatic carbocycles. The fourth-order valence-electron chi connectivity index (χ4n) is 4.43. The molecule has 4 rings (SSSR count). The van der Waals surface area contributed by atoms with Crippen molar-refractivity contribution >= 4 is 48.2 Å². The van der Waals surface area contributed by atoms with E-state index in [2.05, 4.69) is 20.2 Å². The zero-order valence-electron chi connectivity index (χ0n) is 16.2. The molecule has 3 fully saturated rings. The van der Waals surface area contributed by atoms with Crippen LogP contribution in [0.2, 0.25) is 0 Å². The van der Waals surface area contributed by atoms with Gasteiger partial charge in [-0.15, -0.1) is 24.2 Å². The summed E-state index contributed by atoms with van der Waals surface area (Å²) in [6, 6.07) is -1.22. The molecule has 0 aromatic rings. The molecule has 0 spiro atoms. The summed E-state index contributed by atoms with van der Waals surface area (Å²) in [5.74, 6) is 0.703. The van der Waals surface area contributed by atoms with E-state index in [1.165, 1.54) is 4.90 Å². The summed E-state index contributed by atoms with van der Waals surface area (Å²) >= 11 is 1.54. The first-order valence-corrected chi connectivity index (χ1v) is 10.5. The van der Waals surface area contributed by atoms with Gasteiger partial charge in [0.15, 0.2) is 6.04 Å². The Kier molecular flexibility index (Phi) is 6.14. The summed E-state index contributed by atoms with van der Waals surface area (Å²) in [4.78, 5) is 36.7. The third-order valence-corrected chi connectivity index (χ3v) is 7.47. The molecule has 0 bridgehead atoms. The topological polar surface area (TPSA) is 97.6 Å². The molecule has 10 heteroatoms. The third kappa shape index (κ3) is 3.83. The number of carbonyl (C=O) groups excluding carboxylic acids is 1. The zero-order valence-corrected chi connectivity index (χ0v) is 17.8. The van der Waals surface area contributed by atoms with E-state index in [9.17, 15) is 14.7 Å². The average molecular weight is 430 g/mol. The van der Waals surface area contributed by atoms with Gasteiger partial charge in [0.05, 0.1) is 18.7 Å². The van der Waals surface area contributed by atoms with Gasteiger partial charge in [0.2, 0.25) is 0 Å². The quantitative estimate of drug-likeness (QED) is 0.385. The number of fused-ring (bicyclic) bond motifs is 1. The van der Waals surface area contributed by atoms with Crippen molar-refractivity contribution in [2.75, 3.05) is 26.2 Å². The molecular weight excluding hydrogens is 402 g/mol. The molecule has 0 radical (unpaired) electrons. The number of hydrogen-bond acceptors (Lipinski definition) is 6. The highest BCUT2D eigenvalue weighted by molar-refractivity contribution is 8.01. The van der Waals surface area contributed by atoms with E-state index in [4.69, 9.17) is 0 Å². The standard InChI is InChI=1S/C18H27N5O3S.ClH/c1-18(2)14(17(25)26)23-15(24)13(16(23)27-18)21-10-22-7-3-11(4-8-22)9-12-19-5-6-20-12;/h10-11,13-14,16H,3-9H2,1-2H3,(H,19,20)(H,25,26);1H/t13-,14+,16-;/m1./s1. The summed E-state index contributed by atoms with van der Waals surface area (Å²) < 4.78 is -0.494. The van der Waals surface area contributed by atoms with Crippen molar-refractivity contribution in [2.24, 2.45) is 15.9 Å². The Morgan fingerprint density at radius 2 is 2.14 bits per heavy atom. The van der Waals surface area contributed by atoms with Gasteiger partial charge in [-0.1, -0.05) is 0 Å². The molecule has 0 saturated carbocycles. The fourth-order valence-corrected chi connectivity index (χ4v) is 6.05. The van der Waals surface area contributed by atoms with Crippen molar-refractivity contribution in [1.29, 1.82) is 0 Å². The number of aliphatic carboxylic acids is 1. The van der Waals surface area contributed by atoms with Crippen molar-refractivity contribution in [3.8, 4) is 0 Å². The number of amidine groups is 1. The lowest BCUT2D eigenvalue weighted by molar-refractivity contribution is -0.158. The number of hydrogen-bond donors (Lipinski definition) is 2. The molecule has 8 nitrogen and oxygen atoms in total. The highest BCUT2D eigenvalue weighted by Gasteiger charge is 2.63. The Morgan fingerprint density at radius 1 is 1.43 bits per heavy atom. The number of carboxylic acid groups (broad SMARTS) is 1. The van der Waals surface area contributed by atoms with Crippen molar-refractivity contribution in [3.05, 3.63) is 0 Å². The van der Waals surface area contributed by atoms with E-state index in [-0.39, 0.29) is 23.7 Å². The van der Waals surface area contributed by atoms with Crippen LogP contribution in [0, 0.1) is 5.92 Å². The Balaban J connectivity index is 0.00000225. The molecule has 28 heavy (non-hydrogen) atoms. The highest BCUT2D eigenvalue weighted by Crippen LogP contribution is 2.51. The minimum atomic E-state index is -0.936. The molecule has 0 aliphatic carbocycles. The number of nitrogens with one attached hydrogen (secondary N) is 1. The monoisotopic (exact) mass is 429 g/mol. The van der Waals surface area contributed by atoms with E-state index in [1.54, 1.807) is 11.8 Å². The molecule has 4 heterocycles. The van der Waals surface area contributed by atoms with Crippen LogP contribution in [-0.2, 0) is 9.59 Å². The predicted molar refractivity (Wildman–Crippen MR) is 112 cm³/mol. The van der Waals surface area contributed by atoms with Gasteiger partial charge in [-0.2, -0.15) is 0 Å².